The molecule has 0 heterocycles. The summed E-state index contributed by atoms with van der Waals surface area (Å²) in [5.41, 5.74) is 0.960. The third-order valence-corrected chi connectivity index (χ3v) is 6.32. The van der Waals surface area contributed by atoms with Crippen molar-refractivity contribution in [3.8, 4) is 0 Å². The minimum absolute atomic E-state index is 0.475. The molecule has 0 aromatic carbocycles. The third kappa shape index (κ3) is 16.3. The lowest BCUT2D eigenvalue weighted by molar-refractivity contribution is 0.291. The van der Waals surface area contributed by atoms with E-state index in [4.69, 9.17) is 0 Å². The highest BCUT2D eigenvalue weighted by Crippen LogP contribution is 2.30. The molecule has 0 spiro atoms. The molecule has 2 nitrogen and oxygen atoms in total. The van der Waals surface area contributed by atoms with E-state index < -0.39 is 0 Å². The van der Waals surface area contributed by atoms with Crippen molar-refractivity contribution in [3.05, 3.63) is 0 Å². The summed E-state index contributed by atoms with van der Waals surface area (Å²) in [4.78, 5) is 0. The van der Waals surface area contributed by atoms with Crippen LogP contribution < -0.4 is 0 Å². The van der Waals surface area contributed by atoms with Crippen LogP contribution in [0.2, 0.25) is 0 Å². The van der Waals surface area contributed by atoms with Gasteiger partial charge in [0, 0.05) is 21.5 Å². The van der Waals surface area contributed by atoms with Gasteiger partial charge in [-0.25, -0.2) is 0 Å². The topological polar surface area (TPSA) is 6.48 Å². The molecule has 0 aliphatic carbocycles. The van der Waals surface area contributed by atoms with Gasteiger partial charge in [-0.2, -0.15) is 0 Å². The lowest BCUT2D eigenvalue weighted by atomic mass is 9.85. The van der Waals surface area contributed by atoms with E-state index in [0.717, 1.165) is 14.8 Å². The third-order valence-electron chi connectivity index (χ3n) is 4.96. The van der Waals surface area contributed by atoms with Crippen molar-refractivity contribution in [2.45, 2.75) is 106 Å². The van der Waals surface area contributed by atoms with E-state index in [2.05, 4.69) is 78.8 Å². The van der Waals surface area contributed by atoms with Gasteiger partial charge in [0.1, 0.15) is 0 Å². The van der Waals surface area contributed by atoms with Crippen LogP contribution in [0.15, 0.2) is 0 Å². The molecule has 0 aliphatic heterocycles. The van der Waals surface area contributed by atoms with E-state index in [-0.39, 0.29) is 0 Å². The maximum absolute atomic E-state index is 2.56. The summed E-state index contributed by atoms with van der Waals surface area (Å²) in [6, 6.07) is 0.631. The van der Waals surface area contributed by atoms with Crippen molar-refractivity contribution in [2.24, 2.45) is 16.7 Å². The highest BCUT2D eigenvalue weighted by Gasteiger charge is 2.17. The summed E-state index contributed by atoms with van der Waals surface area (Å²) < 4.78 is 5.03. The Morgan fingerprint density at radius 1 is 0.760 bits per heavy atom. The van der Waals surface area contributed by atoms with Gasteiger partial charge in [-0.1, -0.05) is 60.8 Å². The quantitative estimate of drug-likeness (QED) is 0.264. The molecular formula is C22H49N2P. The molecule has 3 heteroatoms. The Kier molecular flexibility index (Phi) is 12.1. The molecule has 2 atom stereocenters. The van der Waals surface area contributed by atoms with Gasteiger partial charge in [0.05, 0.1) is 0 Å². The van der Waals surface area contributed by atoms with Gasteiger partial charge in [-0.3, -0.25) is 9.34 Å². The lowest BCUT2D eigenvalue weighted by Gasteiger charge is -2.30. The Bertz CT molecular complexity index is 328. The van der Waals surface area contributed by atoms with Crippen molar-refractivity contribution in [3.63, 3.8) is 0 Å². The van der Waals surface area contributed by atoms with E-state index in [1.165, 1.54) is 51.5 Å². The molecule has 0 amide bonds. The number of unbranched alkanes of at least 4 members (excludes halogenated alkanes) is 1. The van der Waals surface area contributed by atoms with Crippen molar-refractivity contribution in [1.82, 2.24) is 9.34 Å². The van der Waals surface area contributed by atoms with Gasteiger partial charge in [-0.15, -0.1) is 0 Å². The summed E-state index contributed by atoms with van der Waals surface area (Å²) in [5, 5.41) is 0. The smallest absolute Gasteiger partial charge is 0.0237 e. The van der Waals surface area contributed by atoms with Crippen molar-refractivity contribution in [1.29, 1.82) is 0 Å². The van der Waals surface area contributed by atoms with Crippen LogP contribution in [-0.4, -0.2) is 36.0 Å². The first-order valence-corrected chi connectivity index (χ1v) is 11.4. The SMILES string of the molecule is CC(C)N(C)PN(C)CC(CCCCC(C)(C)C)CCCC(C)(C)C. The standard InChI is InChI=1S/C22H49N2P/c1-19(2)24(10)25-23(9)18-20(15-13-17-22(6,7)8)14-11-12-16-21(3,4)5/h19-20,25H,11-18H2,1-10H3. The van der Waals surface area contributed by atoms with Crippen LogP contribution in [-0.2, 0) is 0 Å². The summed E-state index contributed by atoms with van der Waals surface area (Å²) >= 11 is 0. The van der Waals surface area contributed by atoms with E-state index in [0.29, 0.717) is 16.9 Å². The fourth-order valence-corrected chi connectivity index (χ4v) is 4.26. The van der Waals surface area contributed by atoms with Gasteiger partial charge in [0.15, 0.2) is 0 Å². The van der Waals surface area contributed by atoms with Gasteiger partial charge >= 0.3 is 0 Å². The highest BCUT2D eigenvalue weighted by atomic mass is 31.1. The second-order valence-electron chi connectivity index (χ2n) is 10.8. The average molecular weight is 373 g/mol. The summed E-state index contributed by atoms with van der Waals surface area (Å²) in [7, 11) is 5.37. The van der Waals surface area contributed by atoms with Gasteiger partial charge < -0.3 is 0 Å². The Labute approximate surface area is 162 Å². The second-order valence-corrected chi connectivity index (χ2v) is 12.5. The first kappa shape index (κ1) is 25.4. The second kappa shape index (κ2) is 11.9. The van der Waals surface area contributed by atoms with Crippen molar-refractivity contribution in [2.75, 3.05) is 20.6 Å². The minimum Gasteiger partial charge on any atom is -0.275 e. The summed E-state index contributed by atoms with van der Waals surface area (Å²) in [6.07, 6.45) is 9.67. The Morgan fingerprint density at radius 3 is 1.72 bits per heavy atom. The first-order chi connectivity index (χ1) is 11.3. The summed E-state index contributed by atoms with van der Waals surface area (Å²) in [5.74, 6) is 0.861. The molecule has 0 aromatic rings. The Morgan fingerprint density at radius 2 is 1.24 bits per heavy atom. The maximum Gasteiger partial charge on any atom is 0.0237 e. The Balaban J connectivity index is 4.40. The largest absolute Gasteiger partial charge is 0.275 e. The van der Waals surface area contributed by atoms with Gasteiger partial charge in [0.25, 0.3) is 0 Å². The molecule has 0 bridgehead atoms. The zero-order chi connectivity index (χ0) is 19.7. The molecule has 0 aromatic heterocycles. The van der Waals surface area contributed by atoms with E-state index in [1.807, 2.05) is 0 Å². The predicted molar refractivity (Wildman–Crippen MR) is 119 cm³/mol. The van der Waals surface area contributed by atoms with Crippen LogP contribution in [0.5, 0.6) is 0 Å². The van der Waals surface area contributed by atoms with Crippen LogP contribution in [0.25, 0.3) is 0 Å². The molecule has 0 aliphatic rings. The van der Waals surface area contributed by atoms with Crippen LogP contribution in [0.3, 0.4) is 0 Å². The zero-order valence-electron chi connectivity index (χ0n) is 19.2. The number of hydrogen-bond acceptors (Lipinski definition) is 2. The molecule has 152 valence electrons. The lowest BCUT2D eigenvalue weighted by Crippen LogP contribution is -2.26. The zero-order valence-corrected chi connectivity index (χ0v) is 20.2. The normalized spacial score (nSPS) is 15.2. The molecule has 25 heavy (non-hydrogen) atoms. The molecule has 2 unspecified atom stereocenters. The summed E-state index contributed by atoms with van der Waals surface area (Å²) in [6.45, 7) is 20.0. The number of hydrogen-bond donors (Lipinski definition) is 0. The fourth-order valence-electron chi connectivity index (χ4n) is 3.15. The number of rotatable bonds is 12. The van der Waals surface area contributed by atoms with Crippen LogP contribution >= 0.6 is 8.88 Å². The molecule has 0 saturated carbocycles. The van der Waals surface area contributed by atoms with Crippen LogP contribution in [0.4, 0.5) is 0 Å². The van der Waals surface area contributed by atoms with Gasteiger partial charge in [-0.05, 0) is 70.4 Å². The molecular weight excluding hydrogens is 323 g/mol. The van der Waals surface area contributed by atoms with E-state index in [1.54, 1.807) is 0 Å². The van der Waals surface area contributed by atoms with Crippen molar-refractivity contribution >= 4 is 8.88 Å². The highest BCUT2D eigenvalue weighted by molar-refractivity contribution is 7.32. The monoisotopic (exact) mass is 372 g/mol. The van der Waals surface area contributed by atoms with Crippen LogP contribution in [0, 0.1) is 16.7 Å². The van der Waals surface area contributed by atoms with E-state index in [9.17, 15) is 0 Å². The van der Waals surface area contributed by atoms with Crippen molar-refractivity contribution < 1.29 is 0 Å². The predicted octanol–water partition coefficient (Wildman–Crippen LogP) is 7.21. The molecule has 0 fully saturated rings. The van der Waals surface area contributed by atoms with Crippen LogP contribution in [0.1, 0.15) is 100 Å². The molecule has 0 saturated heterocycles. The molecule has 0 radical (unpaired) electrons. The molecule has 0 rings (SSSR count). The van der Waals surface area contributed by atoms with E-state index >= 15 is 0 Å². The maximum atomic E-state index is 2.56. The average Bonchev–Trinajstić information content (AvgIpc) is 2.40. The Hall–Kier alpha value is 0.350. The van der Waals surface area contributed by atoms with Gasteiger partial charge in [0.2, 0.25) is 0 Å². The molecule has 0 N–H and O–H groups in total. The fraction of sp³-hybridized carbons (Fsp3) is 1.00. The number of nitrogens with zero attached hydrogens (tertiary/aromatic N) is 2. The minimum atomic E-state index is 0.475. The first-order valence-electron chi connectivity index (χ1n) is 10.5.